The number of hydrogen-bond acceptors (Lipinski definition) is 3. The van der Waals surface area contributed by atoms with Gasteiger partial charge in [-0.3, -0.25) is 4.79 Å². The number of carbonyl (C=O) groups excluding carboxylic acids is 1. The number of rotatable bonds is 6. The molecule has 0 bridgehead atoms. The van der Waals surface area contributed by atoms with Gasteiger partial charge in [0.15, 0.2) is 0 Å². The summed E-state index contributed by atoms with van der Waals surface area (Å²) in [6.45, 7) is 4.98. The standard InChI is InChI=1S/C22H21N3O2/c1-4-14-25-16(3)20(19-8-6-7-9-21(19)25)15-23-24-22(26)17-10-12-18(13-11-17)27-5-2/h1,6-13,15H,5,14H2,2-3H3,(H,24,26)/b23-15+. The van der Waals surface area contributed by atoms with Crippen molar-refractivity contribution in [2.75, 3.05) is 6.61 Å². The number of para-hydroxylation sites is 1. The first-order valence-corrected chi connectivity index (χ1v) is 8.73. The van der Waals surface area contributed by atoms with Crippen molar-refractivity contribution in [3.63, 3.8) is 0 Å². The van der Waals surface area contributed by atoms with Crippen LogP contribution in [-0.4, -0.2) is 23.3 Å². The zero-order valence-electron chi connectivity index (χ0n) is 15.4. The zero-order valence-corrected chi connectivity index (χ0v) is 15.4. The van der Waals surface area contributed by atoms with Gasteiger partial charge in [-0.25, -0.2) is 5.43 Å². The van der Waals surface area contributed by atoms with Gasteiger partial charge in [-0.15, -0.1) is 6.42 Å². The summed E-state index contributed by atoms with van der Waals surface area (Å²) in [4.78, 5) is 12.3. The number of hydrogen-bond donors (Lipinski definition) is 1. The topological polar surface area (TPSA) is 55.6 Å². The van der Waals surface area contributed by atoms with E-state index in [0.29, 0.717) is 18.7 Å². The van der Waals surface area contributed by atoms with E-state index in [4.69, 9.17) is 11.2 Å². The fourth-order valence-corrected chi connectivity index (χ4v) is 3.00. The number of fused-ring (bicyclic) bond motifs is 1. The van der Waals surface area contributed by atoms with E-state index in [1.165, 1.54) is 0 Å². The van der Waals surface area contributed by atoms with E-state index in [1.54, 1.807) is 30.5 Å². The highest BCUT2D eigenvalue weighted by Crippen LogP contribution is 2.24. The lowest BCUT2D eigenvalue weighted by Gasteiger charge is -2.04. The number of nitrogens with one attached hydrogen (secondary N) is 1. The Morgan fingerprint density at radius 2 is 2.00 bits per heavy atom. The molecule has 0 unspecified atom stereocenters. The Morgan fingerprint density at radius 1 is 1.26 bits per heavy atom. The lowest BCUT2D eigenvalue weighted by atomic mass is 10.1. The summed E-state index contributed by atoms with van der Waals surface area (Å²) in [7, 11) is 0. The van der Waals surface area contributed by atoms with Gasteiger partial charge in [-0.2, -0.15) is 5.10 Å². The number of benzene rings is 2. The summed E-state index contributed by atoms with van der Waals surface area (Å²) in [6, 6.07) is 14.9. The van der Waals surface area contributed by atoms with E-state index in [-0.39, 0.29) is 5.91 Å². The normalized spacial score (nSPS) is 10.9. The molecule has 5 heteroatoms. The molecule has 0 fully saturated rings. The SMILES string of the molecule is C#CCn1c(C)c(/C=N/NC(=O)c2ccc(OCC)cc2)c2ccccc21. The molecule has 0 saturated heterocycles. The summed E-state index contributed by atoms with van der Waals surface area (Å²) in [5, 5.41) is 5.19. The number of hydrazone groups is 1. The van der Waals surface area contributed by atoms with Crippen LogP contribution in [0.1, 0.15) is 28.5 Å². The predicted octanol–water partition coefficient (Wildman–Crippen LogP) is 3.75. The quantitative estimate of drug-likeness (QED) is 0.414. The molecule has 1 N–H and O–H groups in total. The second-order valence-corrected chi connectivity index (χ2v) is 5.96. The largest absolute Gasteiger partial charge is 0.494 e. The van der Waals surface area contributed by atoms with E-state index in [0.717, 1.165) is 27.9 Å². The Morgan fingerprint density at radius 3 is 2.70 bits per heavy atom. The van der Waals surface area contributed by atoms with Crippen molar-refractivity contribution in [1.29, 1.82) is 0 Å². The van der Waals surface area contributed by atoms with E-state index in [1.807, 2.05) is 38.1 Å². The van der Waals surface area contributed by atoms with Crippen LogP contribution in [0.5, 0.6) is 5.75 Å². The van der Waals surface area contributed by atoms with E-state index >= 15 is 0 Å². The van der Waals surface area contributed by atoms with Crippen LogP contribution in [0.15, 0.2) is 53.6 Å². The molecule has 1 heterocycles. The maximum atomic E-state index is 12.3. The third-order valence-corrected chi connectivity index (χ3v) is 4.32. The van der Waals surface area contributed by atoms with Crippen molar-refractivity contribution in [3.05, 3.63) is 65.4 Å². The molecule has 5 nitrogen and oxygen atoms in total. The van der Waals surface area contributed by atoms with Crippen molar-refractivity contribution < 1.29 is 9.53 Å². The van der Waals surface area contributed by atoms with E-state index in [9.17, 15) is 4.79 Å². The number of terminal acetylenes is 1. The molecule has 27 heavy (non-hydrogen) atoms. The van der Waals surface area contributed by atoms with Gasteiger partial charge in [0.1, 0.15) is 5.75 Å². The molecule has 1 amide bonds. The highest BCUT2D eigenvalue weighted by molar-refractivity contribution is 6.02. The van der Waals surface area contributed by atoms with Crippen molar-refractivity contribution in [2.45, 2.75) is 20.4 Å². The minimum Gasteiger partial charge on any atom is -0.494 e. The van der Waals surface area contributed by atoms with Gasteiger partial charge in [-0.05, 0) is 44.2 Å². The Bertz CT molecular complexity index is 1020. The second kappa shape index (κ2) is 8.24. The maximum absolute atomic E-state index is 12.3. The Kier molecular flexibility index (Phi) is 5.58. The molecular formula is C22H21N3O2. The summed E-state index contributed by atoms with van der Waals surface area (Å²) >= 11 is 0. The monoisotopic (exact) mass is 359 g/mol. The third-order valence-electron chi connectivity index (χ3n) is 4.32. The van der Waals surface area contributed by atoms with Crippen LogP contribution < -0.4 is 10.2 Å². The molecule has 0 atom stereocenters. The molecular weight excluding hydrogens is 338 g/mol. The van der Waals surface area contributed by atoms with Crippen LogP contribution in [-0.2, 0) is 6.54 Å². The summed E-state index contributed by atoms with van der Waals surface area (Å²) in [6.07, 6.45) is 7.16. The fraction of sp³-hybridized carbons (Fsp3) is 0.182. The van der Waals surface area contributed by atoms with Gasteiger partial charge in [0, 0.05) is 27.7 Å². The lowest BCUT2D eigenvalue weighted by molar-refractivity contribution is 0.0955. The maximum Gasteiger partial charge on any atom is 0.271 e. The third kappa shape index (κ3) is 3.85. The Labute approximate surface area is 158 Å². The van der Waals surface area contributed by atoms with Gasteiger partial charge in [0.05, 0.1) is 19.4 Å². The van der Waals surface area contributed by atoms with E-state index in [2.05, 4.69) is 21.0 Å². The average molecular weight is 359 g/mol. The molecule has 0 saturated carbocycles. The molecule has 0 aliphatic carbocycles. The van der Waals surface area contributed by atoms with Crippen LogP contribution in [0, 0.1) is 19.3 Å². The molecule has 0 aliphatic heterocycles. The van der Waals surface area contributed by atoms with Gasteiger partial charge < -0.3 is 9.30 Å². The number of ether oxygens (including phenoxy) is 1. The first-order valence-electron chi connectivity index (χ1n) is 8.73. The first kappa shape index (κ1) is 18.3. The van der Waals surface area contributed by atoms with Crippen LogP contribution in [0.3, 0.4) is 0 Å². The van der Waals surface area contributed by atoms with E-state index < -0.39 is 0 Å². The van der Waals surface area contributed by atoms with Gasteiger partial charge in [-0.1, -0.05) is 24.1 Å². The van der Waals surface area contributed by atoms with Gasteiger partial charge >= 0.3 is 0 Å². The molecule has 0 aliphatic rings. The Balaban J connectivity index is 1.79. The first-order chi connectivity index (χ1) is 13.2. The van der Waals surface area contributed by atoms with Crippen molar-refractivity contribution in [2.24, 2.45) is 5.10 Å². The zero-order chi connectivity index (χ0) is 19.2. The number of aromatic nitrogens is 1. The average Bonchev–Trinajstić information content (AvgIpc) is 2.95. The molecule has 0 spiro atoms. The number of nitrogens with zero attached hydrogens (tertiary/aromatic N) is 2. The van der Waals surface area contributed by atoms with Crippen molar-refractivity contribution in [1.82, 2.24) is 9.99 Å². The van der Waals surface area contributed by atoms with Crippen molar-refractivity contribution >= 4 is 23.0 Å². The fourth-order valence-electron chi connectivity index (χ4n) is 3.00. The van der Waals surface area contributed by atoms with Gasteiger partial charge in [0.2, 0.25) is 0 Å². The summed E-state index contributed by atoms with van der Waals surface area (Å²) in [5.74, 6) is 3.13. The molecule has 3 rings (SSSR count). The van der Waals surface area contributed by atoms with Gasteiger partial charge in [0.25, 0.3) is 5.91 Å². The molecule has 136 valence electrons. The van der Waals surface area contributed by atoms with Crippen LogP contribution in [0.25, 0.3) is 10.9 Å². The molecule has 2 aromatic carbocycles. The second-order valence-electron chi connectivity index (χ2n) is 5.96. The number of amides is 1. The minimum atomic E-state index is -0.278. The highest BCUT2D eigenvalue weighted by Gasteiger charge is 2.11. The Hall–Kier alpha value is -3.52. The summed E-state index contributed by atoms with van der Waals surface area (Å²) in [5.41, 5.74) is 6.08. The predicted molar refractivity (Wildman–Crippen MR) is 108 cm³/mol. The smallest absolute Gasteiger partial charge is 0.271 e. The van der Waals surface area contributed by atoms with Crippen LogP contribution >= 0.6 is 0 Å². The van der Waals surface area contributed by atoms with Crippen LogP contribution in [0.4, 0.5) is 0 Å². The summed E-state index contributed by atoms with van der Waals surface area (Å²) < 4.78 is 7.44. The minimum absolute atomic E-state index is 0.278. The number of carbonyl (C=O) groups is 1. The van der Waals surface area contributed by atoms with Crippen molar-refractivity contribution in [3.8, 4) is 18.1 Å². The van der Waals surface area contributed by atoms with Crippen LogP contribution in [0.2, 0.25) is 0 Å². The molecule has 1 aromatic heterocycles. The highest BCUT2D eigenvalue weighted by atomic mass is 16.5. The lowest BCUT2D eigenvalue weighted by Crippen LogP contribution is -2.17. The molecule has 3 aromatic rings. The molecule has 0 radical (unpaired) electrons.